The number of aliphatic carboxylic acids is 4. The van der Waals surface area contributed by atoms with Gasteiger partial charge in [-0.1, -0.05) is 59.9 Å². The molecular weight excluding hydrogens is 1050 g/mol. The number of thioether (sulfide) groups is 4. The van der Waals surface area contributed by atoms with E-state index in [1.165, 1.54) is 35.7 Å². The molecule has 0 aliphatic carbocycles. The number of aromatic nitrogens is 8. The number of nitrogens with zero attached hydrogens (tertiary/aromatic N) is 10. The first-order valence-electron chi connectivity index (χ1n) is 19.6. The van der Waals surface area contributed by atoms with Crippen molar-refractivity contribution in [3.63, 3.8) is 0 Å². The van der Waals surface area contributed by atoms with E-state index in [-0.39, 0.29) is 172 Å². The van der Waals surface area contributed by atoms with Gasteiger partial charge < -0.3 is 50.9 Å². The van der Waals surface area contributed by atoms with Gasteiger partial charge in [0.05, 0.1) is 36.2 Å². The molecule has 8 rings (SSSR count). The van der Waals surface area contributed by atoms with Gasteiger partial charge in [-0.2, -0.15) is 0 Å². The molecule has 4 aliphatic heterocycles. The quantitative estimate of drug-likeness (QED) is 0.0306. The Hall–Kier alpha value is -3.91. The van der Waals surface area contributed by atoms with Crippen molar-refractivity contribution in [3.05, 3.63) is 82.2 Å². The Kier molecular flexibility index (Phi) is 20.9. The predicted octanol–water partition coefficient (Wildman–Crippen LogP) is -9.59. The number of rotatable bonds is 18. The average Bonchev–Trinajstić information content (AvgIpc) is 3.94. The van der Waals surface area contributed by atoms with E-state index in [0.717, 1.165) is 42.7 Å². The third kappa shape index (κ3) is 13.4. The molecule has 6 heterocycles. The molecule has 356 valence electrons. The maximum atomic E-state index is 12.7. The van der Waals surface area contributed by atoms with E-state index >= 15 is 0 Å². The Morgan fingerprint density at radius 3 is 1.36 bits per heavy atom. The van der Waals surface area contributed by atoms with Crippen LogP contribution in [-0.2, 0) is 64.3 Å². The number of hydrogen-bond acceptors (Lipinski definition) is 22. The predicted molar refractivity (Wildman–Crippen MR) is 230 cm³/mol. The summed E-state index contributed by atoms with van der Waals surface area (Å²) in [4.78, 5) is 98.0. The zero-order chi connectivity index (χ0) is 48.8. The second-order valence-corrected chi connectivity index (χ2v) is 18.7. The number of carboxylic acid groups (broad SMARTS) is 4. The molecule has 4 aromatic rings. The number of para-hydroxylation sites is 2. The van der Waals surface area contributed by atoms with Crippen molar-refractivity contribution in [2.75, 3.05) is 23.0 Å². The molecule has 2 fully saturated rings. The summed E-state index contributed by atoms with van der Waals surface area (Å²) in [5.41, 5.74) is 1.04. The number of benzene rings is 2. The molecule has 32 heteroatoms. The number of aromatic hydroxyl groups is 2. The van der Waals surface area contributed by atoms with Crippen molar-refractivity contribution in [2.24, 2.45) is 0 Å². The van der Waals surface area contributed by atoms with Crippen LogP contribution in [0.4, 0.5) is 0 Å². The average molecular weight is 1090 g/mol. The van der Waals surface area contributed by atoms with Gasteiger partial charge in [0.2, 0.25) is 22.1 Å². The van der Waals surface area contributed by atoms with Gasteiger partial charge in [0.15, 0.2) is 0 Å². The molecule has 2 saturated heterocycles. The van der Waals surface area contributed by atoms with Gasteiger partial charge in [0, 0.05) is 34.1 Å². The van der Waals surface area contributed by atoms with Gasteiger partial charge >= 0.3 is 115 Å². The fourth-order valence-corrected chi connectivity index (χ4v) is 11.8. The van der Waals surface area contributed by atoms with Gasteiger partial charge in [-0.25, -0.2) is 9.36 Å². The van der Waals surface area contributed by atoms with E-state index in [4.69, 9.17) is 10.2 Å². The minimum Gasteiger partial charge on any atom is -0.543 e. The van der Waals surface area contributed by atoms with Crippen molar-refractivity contribution in [1.29, 1.82) is 0 Å². The summed E-state index contributed by atoms with van der Waals surface area (Å²) < 4.78 is 2.13. The summed E-state index contributed by atoms with van der Waals surface area (Å²) in [5, 5.41) is 87.0. The van der Waals surface area contributed by atoms with E-state index in [1.54, 1.807) is 36.4 Å². The molecule has 2 unspecified atom stereocenters. The molecule has 26 nitrogen and oxygen atoms in total. The van der Waals surface area contributed by atoms with Crippen molar-refractivity contribution in [2.45, 2.75) is 59.1 Å². The Morgan fingerprint density at radius 2 is 1.01 bits per heavy atom. The van der Waals surface area contributed by atoms with Crippen LogP contribution in [0.25, 0.3) is 0 Å². The SMILES string of the molecule is O=C(O)Cn1nnnc1SCC1=C(C(=O)[O-])N2C(=O)C(NC(=O)Cc3ccccc3O)[C@H]2SC1.O=C(O)Cn1nnnc1SCC1=C(C(=O)[O-])N2C(=O)C(NC(=O)Cc3ccccc3O)[C@H]2SC1.[K+].[K+]. The van der Waals surface area contributed by atoms with Crippen molar-refractivity contribution in [3.8, 4) is 11.5 Å². The molecule has 0 radical (unpaired) electrons. The van der Waals surface area contributed by atoms with Crippen molar-refractivity contribution < 1.29 is 172 Å². The van der Waals surface area contributed by atoms with Gasteiger partial charge in [0.25, 0.3) is 11.8 Å². The van der Waals surface area contributed by atoms with Gasteiger partial charge in [-0.15, -0.1) is 33.7 Å². The monoisotopic (exact) mass is 1090 g/mol. The Bertz CT molecular complexity index is 2600. The number of tetrazole rings is 2. The van der Waals surface area contributed by atoms with Crippen LogP contribution in [0, 0.1) is 0 Å². The van der Waals surface area contributed by atoms with E-state index < -0.39 is 83.4 Å². The fourth-order valence-electron chi connectivity index (χ4n) is 7.04. The second-order valence-electron chi connectivity index (χ2n) is 14.6. The molecule has 4 amide bonds. The molecule has 2 aromatic heterocycles. The first kappa shape index (κ1) is 57.0. The summed E-state index contributed by atoms with van der Waals surface area (Å²) >= 11 is 4.64. The number of phenols is 2. The van der Waals surface area contributed by atoms with E-state index in [2.05, 4.69) is 41.7 Å². The second kappa shape index (κ2) is 25.7. The number of phenolic OH excluding ortho intramolecular Hbond substituents is 2. The molecule has 4 atom stereocenters. The topological polar surface area (TPSA) is 381 Å². The number of carbonyl (C=O) groups excluding carboxylic acids is 6. The molecule has 6 N–H and O–H groups in total. The van der Waals surface area contributed by atoms with E-state index in [0.29, 0.717) is 22.3 Å². The van der Waals surface area contributed by atoms with Crippen LogP contribution in [-0.4, -0.2) is 164 Å². The largest absolute Gasteiger partial charge is 1.00 e. The fraction of sp³-hybridized carbons (Fsp3) is 0.316. The third-order valence-corrected chi connectivity index (χ3v) is 14.9. The van der Waals surface area contributed by atoms with Crippen LogP contribution in [0.15, 0.2) is 81.4 Å². The maximum absolute atomic E-state index is 12.7. The number of hydrogen-bond donors (Lipinski definition) is 6. The standard InChI is InChI=1S/2C19H18N6O7S2.2K/c2*26-11-4-2-1-3-9(11)5-12(27)20-14-16(30)25-15(18(31)32)10(7-33-17(14)25)8-34-19-21-22-23-24(19)6-13(28)29;;/h2*1-4,14,17,26H,5-8H2,(H,20,27)(H,28,29)(H,31,32);;/q;;2*+1/p-2/t2*14?,17-;;/m11../s1. The van der Waals surface area contributed by atoms with Crippen molar-refractivity contribution in [1.82, 2.24) is 60.8 Å². The van der Waals surface area contributed by atoms with Gasteiger partial charge in [-0.3, -0.25) is 38.6 Å². The number of fused-ring (bicyclic) bond motifs is 2. The first-order chi connectivity index (χ1) is 32.5. The van der Waals surface area contributed by atoms with Crippen molar-refractivity contribution >= 4 is 94.6 Å². The smallest absolute Gasteiger partial charge is 0.543 e. The third-order valence-electron chi connectivity index (χ3n) is 10.1. The number of β-lactam (4-membered cyclic amide) rings is 2. The summed E-state index contributed by atoms with van der Waals surface area (Å²) in [5.74, 6) is -6.85. The van der Waals surface area contributed by atoms with Gasteiger partial charge in [0.1, 0.15) is 47.4 Å². The summed E-state index contributed by atoms with van der Waals surface area (Å²) in [6.45, 7) is -0.906. The van der Waals surface area contributed by atoms with E-state index in [1.807, 2.05) is 0 Å². The zero-order valence-electron chi connectivity index (χ0n) is 36.6. The summed E-state index contributed by atoms with van der Waals surface area (Å²) in [6, 6.07) is 10.9. The van der Waals surface area contributed by atoms with Crippen LogP contribution in [0.1, 0.15) is 11.1 Å². The molecule has 2 aromatic carbocycles. The number of amides is 4. The number of nitrogens with one attached hydrogen (secondary N) is 2. The van der Waals surface area contributed by atoms with Crippen LogP contribution < -0.4 is 124 Å². The Labute approximate surface area is 496 Å². The minimum atomic E-state index is -1.53. The van der Waals surface area contributed by atoms with Crippen LogP contribution in [0.2, 0.25) is 0 Å². The normalized spacial score (nSPS) is 18.9. The van der Waals surface area contributed by atoms with Crippen LogP contribution in [0.5, 0.6) is 11.5 Å². The van der Waals surface area contributed by atoms with Crippen LogP contribution >= 0.6 is 47.0 Å². The number of carboxylic acids is 4. The summed E-state index contributed by atoms with van der Waals surface area (Å²) in [6.07, 6.45) is -0.270. The molecule has 0 bridgehead atoms. The first-order valence-corrected chi connectivity index (χ1v) is 23.7. The van der Waals surface area contributed by atoms with E-state index in [9.17, 15) is 58.8 Å². The number of carbonyl (C=O) groups is 8. The molecule has 0 spiro atoms. The van der Waals surface area contributed by atoms with Gasteiger partial charge in [-0.05, 0) is 44.1 Å². The zero-order valence-corrected chi connectivity index (χ0v) is 46.1. The Morgan fingerprint density at radius 1 is 0.643 bits per heavy atom. The maximum Gasteiger partial charge on any atom is 1.00 e. The molecule has 4 aliphatic rings. The molecule has 70 heavy (non-hydrogen) atoms. The molecule has 0 saturated carbocycles. The minimum absolute atomic E-state index is 0. The molecular formula is C38H34K2N12O14S4. The summed E-state index contributed by atoms with van der Waals surface area (Å²) in [7, 11) is 0. The Balaban J connectivity index is 0.000000254. The van der Waals surface area contributed by atoms with Crippen LogP contribution in [0.3, 0.4) is 0 Å².